The van der Waals surface area contributed by atoms with Gasteiger partial charge in [-0.3, -0.25) is 9.59 Å². The van der Waals surface area contributed by atoms with E-state index in [1.165, 1.54) is 11.3 Å². The van der Waals surface area contributed by atoms with Crippen molar-refractivity contribution >= 4 is 23.1 Å². The Bertz CT molecular complexity index is 645. The van der Waals surface area contributed by atoms with Crippen LogP contribution in [0.25, 0.3) is 0 Å². The molecule has 0 saturated heterocycles. The number of rotatable bonds is 3. The van der Waals surface area contributed by atoms with Gasteiger partial charge in [0.2, 0.25) is 0 Å². The van der Waals surface area contributed by atoms with Crippen molar-refractivity contribution in [1.82, 2.24) is 0 Å². The third-order valence-corrected chi connectivity index (χ3v) is 4.56. The average Bonchev–Trinajstić information content (AvgIpc) is 3.02. The Kier molecular flexibility index (Phi) is 3.40. The molecule has 102 valence electrons. The van der Waals surface area contributed by atoms with Crippen LogP contribution in [0.4, 0.5) is 0 Å². The molecule has 0 fully saturated rings. The molecule has 0 spiro atoms. The molecule has 0 bridgehead atoms. The Morgan fingerprint density at radius 3 is 2.70 bits per heavy atom. The van der Waals surface area contributed by atoms with Crippen molar-refractivity contribution in [3.05, 3.63) is 57.8 Å². The minimum Gasteiger partial charge on any atom is -0.465 e. The summed E-state index contributed by atoms with van der Waals surface area (Å²) in [6, 6.07) is 11.5. The minimum atomic E-state index is -0.736. The van der Waals surface area contributed by atoms with Crippen LogP contribution in [0.2, 0.25) is 0 Å². The maximum Gasteiger partial charge on any atom is 0.317 e. The first kappa shape index (κ1) is 13.1. The zero-order valence-electron chi connectivity index (χ0n) is 11.0. The van der Waals surface area contributed by atoms with Crippen molar-refractivity contribution in [1.29, 1.82) is 0 Å². The molecular formula is C16H14O3S. The van der Waals surface area contributed by atoms with E-state index in [2.05, 4.69) is 0 Å². The van der Waals surface area contributed by atoms with Gasteiger partial charge < -0.3 is 4.74 Å². The lowest BCUT2D eigenvalue weighted by Crippen LogP contribution is -2.27. The van der Waals surface area contributed by atoms with Crippen LogP contribution in [0.5, 0.6) is 0 Å². The second kappa shape index (κ2) is 5.21. The van der Waals surface area contributed by atoms with Crippen molar-refractivity contribution in [3.63, 3.8) is 0 Å². The molecule has 1 heterocycles. The quantitative estimate of drug-likeness (QED) is 0.642. The first-order valence-electron chi connectivity index (χ1n) is 6.57. The summed E-state index contributed by atoms with van der Waals surface area (Å²) in [7, 11) is 0. The Hall–Kier alpha value is -1.94. The van der Waals surface area contributed by atoms with Gasteiger partial charge in [0, 0.05) is 16.4 Å². The molecule has 1 aliphatic carbocycles. The maximum absolute atomic E-state index is 12.5. The zero-order valence-corrected chi connectivity index (χ0v) is 11.9. The number of carbonyl (C=O) groups excluding carboxylic acids is 2. The molecular weight excluding hydrogens is 272 g/mol. The topological polar surface area (TPSA) is 43.4 Å². The summed E-state index contributed by atoms with van der Waals surface area (Å²) in [6.45, 7) is 2.04. The molecule has 0 saturated carbocycles. The Balaban J connectivity index is 2.07. The highest BCUT2D eigenvalue weighted by atomic mass is 32.1. The van der Waals surface area contributed by atoms with Gasteiger partial charge in [0.15, 0.2) is 5.78 Å². The van der Waals surface area contributed by atoms with Gasteiger partial charge >= 0.3 is 5.97 Å². The summed E-state index contributed by atoms with van der Waals surface area (Å²) >= 11 is 1.53. The standard InChI is InChI=1S/C16H14O3S/c1-2-19-16(18)13-12(10-6-4-3-5-7-10)15-11(14(13)17)8-9-20-15/h3-9,12-13H,2H2,1H3. The van der Waals surface area contributed by atoms with Gasteiger partial charge in [-0.2, -0.15) is 0 Å². The predicted octanol–water partition coefficient (Wildman–Crippen LogP) is 3.26. The summed E-state index contributed by atoms with van der Waals surface area (Å²) in [5.41, 5.74) is 1.65. The fourth-order valence-electron chi connectivity index (χ4n) is 2.72. The van der Waals surface area contributed by atoms with Crippen molar-refractivity contribution in [3.8, 4) is 0 Å². The minimum absolute atomic E-state index is 0.117. The van der Waals surface area contributed by atoms with E-state index in [9.17, 15) is 9.59 Å². The third-order valence-electron chi connectivity index (χ3n) is 3.56. The molecule has 3 rings (SSSR count). The molecule has 2 aromatic rings. The lowest BCUT2D eigenvalue weighted by molar-refractivity contribution is -0.146. The molecule has 3 nitrogen and oxygen atoms in total. The van der Waals surface area contributed by atoms with E-state index in [1.807, 2.05) is 35.7 Å². The van der Waals surface area contributed by atoms with Gasteiger partial charge in [-0.25, -0.2) is 0 Å². The van der Waals surface area contributed by atoms with Crippen LogP contribution >= 0.6 is 11.3 Å². The fourth-order valence-corrected chi connectivity index (χ4v) is 3.78. The van der Waals surface area contributed by atoms with E-state index in [1.54, 1.807) is 13.0 Å². The molecule has 2 atom stereocenters. The molecule has 1 aromatic heterocycles. The number of carbonyl (C=O) groups is 2. The first-order chi connectivity index (χ1) is 9.74. The monoisotopic (exact) mass is 286 g/mol. The number of esters is 1. The van der Waals surface area contributed by atoms with Crippen molar-refractivity contribution in [2.24, 2.45) is 5.92 Å². The van der Waals surface area contributed by atoms with Crippen LogP contribution in [-0.2, 0) is 9.53 Å². The van der Waals surface area contributed by atoms with Gasteiger partial charge in [0.1, 0.15) is 5.92 Å². The van der Waals surface area contributed by atoms with Gasteiger partial charge in [-0.15, -0.1) is 11.3 Å². The largest absolute Gasteiger partial charge is 0.465 e. The first-order valence-corrected chi connectivity index (χ1v) is 7.45. The van der Waals surface area contributed by atoms with Gasteiger partial charge in [-0.05, 0) is 23.9 Å². The van der Waals surface area contributed by atoms with Crippen LogP contribution in [-0.4, -0.2) is 18.4 Å². The van der Waals surface area contributed by atoms with Crippen LogP contribution in [0.15, 0.2) is 41.8 Å². The van der Waals surface area contributed by atoms with Gasteiger partial charge in [0.25, 0.3) is 0 Å². The second-order valence-electron chi connectivity index (χ2n) is 4.68. The summed E-state index contributed by atoms with van der Waals surface area (Å²) in [4.78, 5) is 25.6. The lowest BCUT2D eigenvalue weighted by Gasteiger charge is -2.17. The number of hydrogen-bond acceptors (Lipinski definition) is 4. The van der Waals surface area contributed by atoms with Crippen molar-refractivity contribution in [2.45, 2.75) is 12.8 Å². The summed E-state index contributed by atoms with van der Waals surface area (Å²) < 4.78 is 5.09. The molecule has 20 heavy (non-hydrogen) atoms. The maximum atomic E-state index is 12.5. The molecule has 0 amide bonds. The second-order valence-corrected chi connectivity index (χ2v) is 5.63. The molecule has 4 heteroatoms. The van der Waals surface area contributed by atoms with Crippen LogP contribution in [0.1, 0.15) is 33.6 Å². The summed E-state index contributed by atoms with van der Waals surface area (Å²) in [5.74, 6) is -1.49. The Morgan fingerprint density at radius 1 is 1.25 bits per heavy atom. The van der Waals surface area contributed by atoms with E-state index >= 15 is 0 Å². The number of ketones is 1. The fraction of sp³-hybridized carbons (Fsp3) is 0.250. The van der Waals surface area contributed by atoms with Crippen molar-refractivity contribution < 1.29 is 14.3 Å². The van der Waals surface area contributed by atoms with Crippen LogP contribution in [0.3, 0.4) is 0 Å². The highest BCUT2D eigenvalue weighted by Crippen LogP contribution is 2.45. The Morgan fingerprint density at radius 2 is 2.00 bits per heavy atom. The summed E-state index contributed by atoms with van der Waals surface area (Å²) in [5, 5.41) is 1.90. The summed E-state index contributed by atoms with van der Waals surface area (Å²) in [6.07, 6.45) is 0. The highest BCUT2D eigenvalue weighted by molar-refractivity contribution is 7.10. The third kappa shape index (κ3) is 1.96. The molecule has 0 aliphatic heterocycles. The predicted molar refractivity (Wildman–Crippen MR) is 77.1 cm³/mol. The van der Waals surface area contributed by atoms with E-state index in [0.29, 0.717) is 5.56 Å². The SMILES string of the molecule is CCOC(=O)C1C(=O)c2ccsc2C1c1ccccc1. The normalized spacial score (nSPS) is 20.8. The average molecular weight is 286 g/mol. The number of thiophene rings is 1. The van der Waals surface area contributed by atoms with E-state index < -0.39 is 11.9 Å². The molecule has 1 aliphatic rings. The Labute approximate surface area is 121 Å². The van der Waals surface area contributed by atoms with E-state index in [-0.39, 0.29) is 18.3 Å². The number of fused-ring (bicyclic) bond motifs is 1. The highest BCUT2D eigenvalue weighted by Gasteiger charge is 2.46. The lowest BCUT2D eigenvalue weighted by atomic mass is 9.88. The molecule has 1 aromatic carbocycles. The van der Waals surface area contributed by atoms with E-state index in [0.717, 1.165) is 10.4 Å². The smallest absolute Gasteiger partial charge is 0.317 e. The number of Topliss-reactive ketones (excluding diaryl/α,β-unsaturated/α-hetero) is 1. The molecule has 2 unspecified atom stereocenters. The number of ether oxygens (including phenoxy) is 1. The van der Waals surface area contributed by atoms with Crippen LogP contribution in [0, 0.1) is 5.92 Å². The zero-order chi connectivity index (χ0) is 14.1. The molecule has 0 radical (unpaired) electrons. The van der Waals surface area contributed by atoms with Crippen molar-refractivity contribution in [2.75, 3.05) is 6.61 Å². The van der Waals surface area contributed by atoms with Gasteiger partial charge in [0.05, 0.1) is 6.61 Å². The van der Waals surface area contributed by atoms with Crippen LogP contribution < -0.4 is 0 Å². The van der Waals surface area contributed by atoms with E-state index in [4.69, 9.17) is 4.74 Å². The molecule has 0 N–H and O–H groups in total. The number of hydrogen-bond donors (Lipinski definition) is 0. The number of benzene rings is 1. The van der Waals surface area contributed by atoms with Gasteiger partial charge in [-0.1, -0.05) is 30.3 Å².